The Kier molecular flexibility index (Phi) is 4.60. The van der Waals surface area contributed by atoms with Gasteiger partial charge in [0.1, 0.15) is 15.6 Å². The van der Waals surface area contributed by atoms with Gasteiger partial charge in [0, 0.05) is 57.1 Å². The molecule has 0 bridgehead atoms. The van der Waals surface area contributed by atoms with Crippen molar-refractivity contribution in [1.29, 1.82) is 0 Å². The van der Waals surface area contributed by atoms with Gasteiger partial charge < -0.3 is 0 Å². The van der Waals surface area contributed by atoms with Crippen molar-refractivity contribution in [1.82, 2.24) is 19.1 Å². The summed E-state index contributed by atoms with van der Waals surface area (Å²) in [5.41, 5.74) is 1.51. The van der Waals surface area contributed by atoms with E-state index in [2.05, 4.69) is 16.0 Å². The standard InChI is InChI=1S/C36H31F2N5/c1-23-14-15-39-34(16-23)43-29-11-7-6-10-27(29)28-21-40-33(20-32(28)43)36(37,38)25-17-24(35(2,3)4)18-26(19-25)42-22-41(5)30-12-8-9-13-31(30)42/h6-21H,1-5H3/q+2/i1D3,5D3. The van der Waals surface area contributed by atoms with Crippen molar-refractivity contribution in [2.75, 3.05) is 6.98 Å². The zero-order valence-electron chi connectivity index (χ0n) is 29.7. The molecule has 3 aromatic carbocycles. The average molecular weight is 578 g/mol. The van der Waals surface area contributed by atoms with Gasteiger partial charge in [0.15, 0.2) is 6.98 Å². The van der Waals surface area contributed by atoms with Crippen LogP contribution in [-0.2, 0) is 11.3 Å². The molecule has 0 atom stereocenters. The molecule has 0 aliphatic carbocycles. The van der Waals surface area contributed by atoms with Crippen molar-refractivity contribution in [3.05, 3.63) is 120 Å². The molecular formula is C36H31F2N5+2. The van der Waals surface area contributed by atoms with Gasteiger partial charge in [0.2, 0.25) is 5.69 Å². The van der Waals surface area contributed by atoms with Crippen LogP contribution in [0.3, 0.4) is 0 Å². The highest BCUT2D eigenvalue weighted by atomic mass is 19.3. The molecule has 1 aliphatic heterocycles. The van der Waals surface area contributed by atoms with Gasteiger partial charge in [-0.15, -0.1) is 0 Å². The molecule has 7 rings (SSSR count). The maximum Gasteiger partial charge on any atom is 0.496 e. The first-order chi connectivity index (χ1) is 22.9. The molecule has 5 nitrogen and oxygen atoms in total. The maximum absolute atomic E-state index is 16.9. The van der Waals surface area contributed by atoms with E-state index >= 15 is 8.78 Å². The lowest BCUT2D eigenvalue weighted by Crippen LogP contribution is -2.20. The second kappa shape index (κ2) is 9.51. The summed E-state index contributed by atoms with van der Waals surface area (Å²) >= 11 is 0. The minimum absolute atomic E-state index is 0.0729. The summed E-state index contributed by atoms with van der Waals surface area (Å²) in [6.45, 7) is 0.803. The third kappa shape index (κ3) is 4.36. The van der Waals surface area contributed by atoms with Gasteiger partial charge in [-0.1, -0.05) is 55.7 Å². The van der Waals surface area contributed by atoms with E-state index in [1.807, 2.05) is 45.0 Å². The van der Waals surface area contributed by atoms with Crippen LogP contribution in [0.4, 0.5) is 25.8 Å². The minimum Gasteiger partial charge on any atom is -0.294 e. The van der Waals surface area contributed by atoms with Crippen LogP contribution in [0.2, 0.25) is 0 Å². The molecule has 7 heteroatoms. The monoisotopic (exact) mass is 577 g/mol. The average Bonchev–Trinajstić information content (AvgIpc) is 3.60. The molecule has 0 saturated heterocycles. The number of pyridine rings is 2. The lowest BCUT2D eigenvalue weighted by Gasteiger charge is -2.23. The molecular weight excluding hydrogens is 540 g/mol. The number of hydrogen-bond donors (Lipinski definition) is 0. The zero-order valence-corrected chi connectivity index (χ0v) is 23.7. The molecule has 0 N–H and O–H groups in total. The third-order valence-corrected chi connectivity index (χ3v) is 7.82. The molecule has 0 saturated carbocycles. The Morgan fingerprint density at radius 1 is 0.814 bits per heavy atom. The first-order valence-electron chi connectivity index (χ1n) is 16.8. The topological polar surface area (TPSA) is 36.7 Å². The van der Waals surface area contributed by atoms with Crippen molar-refractivity contribution in [2.45, 2.75) is 39.0 Å². The van der Waals surface area contributed by atoms with Crippen molar-refractivity contribution in [2.24, 2.45) is 0 Å². The number of halogens is 2. The highest BCUT2D eigenvalue weighted by molar-refractivity contribution is 6.08. The lowest BCUT2D eigenvalue weighted by molar-refractivity contribution is -0.394. The Hall–Kier alpha value is -5.00. The number of para-hydroxylation sites is 3. The van der Waals surface area contributed by atoms with E-state index in [-0.39, 0.29) is 16.9 Å². The van der Waals surface area contributed by atoms with E-state index < -0.39 is 30.9 Å². The van der Waals surface area contributed by atoms with Gasteiger partial charge in [-0.05, 0) is 58.3 Å². The molecule has 212 valence electrons. The van der Waals surface area contributed by atoms with Crippen LogP contribution in [0.5, 0.6) is 0 Å². The molecule has 4 heterocycles. The van der Waals surface area contributed by atoms with Crippen LogP contribution in [0, 0.1) is 6.85 Å². The summed E-state index contributed by atoms with van der Waals surface area (Å²) in [7, 11) is 0. The van der Waals surface area contributed by atoms with Crippen LogP contribution in [-0.4, -0.2) is 32.1 Å². The van der Waals surface area contributed by atoms with Gasteiger partial charge in [0.05, 0.1) is 11.0 Å². The molecule has 3 aromatic heterocycles. The van der Waals surface area contributed by atoms with E-state index in [0.717, 1.165) is 9.96 Å². The Labute approximate surface area is 257 Å². The predicted octanol–water partition coefficient (Wildman–Crippen LogP) is 8.62. The molecule has 0 fully saturated rings. The van der Waals surface area contributed by atoms with Crippen molar-refractivity contribution in [3.8, 4) is 5.82 Å². The largest absolute Gasteiger partial charge is 0.496 e. The van der Waals surface area contributed by atoms with Crippen LogP contribution in [0.25, 0.3) is 27.6 Å². The first kappa shape index (κ1) is 20.8. The quantitative estimate of drug-likeness (QED) is 0.197. The van der Waals surface area contributed by atoms with Crippen LogP contribution >= 0.6 is 0 Å². The van der Waals surface area contributed by atoms with Crippen LogP contribution in [0.15, 0.2) is 97.3 Å². The molecule has 6 aromatic rings. The number of aryl methyl sites for hydroxylation is 1. The molecule has 0 radical (unpaired) electrons. The number of nitrogens with zero attached hydrogens (tertiary/aromatic N) is 5. The van der Waals surface area contributed by atoms with Crippen molar-refractivity contribution in [3.63, 3.8) is 0 Å². The highest BCUT2D eigenvalue weighted by Gasteiger charge is 2.40. The molecule has 43 heavy (non-hydrogen) atoms. The highest BCUT2D eigenvalue weighted by Crippen LogP contribution is 2.42. The second-order valence-corrected chi connectivity index (χ2v) is 11.7. The van der Waals surface area contributed by atoms with Gasteiger partial charge in [0.25, 0.3) is 11.4 Å². The lowest BCUT2D eigenvalue weighted by atomic mass is 9.84. The Morgan fingerprint density at radius 3 is 2.37 bits per heavy atom. The van der Waals surface area contributed by atoms with Gasteiger partial charge >= 0.3 is 11.9 Å². The normalized spacial score (nSPS) is 16.0. The Bertz CT molecular complexity index is 2380. The van der Waals surface area contributed by atoms with E-state index in [4.69, 9.17) is 8.22 Å². The number of rotatable bonds is 4. The van der Waals surface area contributed by atoms with Crippen LogP contribution < -0.4 is 4.58 Å². The van der Waals surface area contributed by atoms with E-state index in [1.54, 1.807) is 34.9 Å². The zero-order chi connectivity index (χ0) is 35.1. The summed E-state index contributed by atoms with van der Waals surface area (Å²) in [6, 6.07) is 25.8. The van der Waals surface area contributed by atoms with Crippen molar-refractivity contribution < 1.29 is 21.6 Å². The number of aromatic nitrogens is 3. The molecule has 1 aliphatic rings. The van der Waals surface area contributed by atoms with Crippen molar-refractivity contribution >= 4 is 44.9 Å². The second-order valence-electron chi connectivity index (χ2n) is 11.7. The first-order valence-corrected chi connectivity index (χ1v) is 13.8. The van der Waals surface area contributed by atoms with Gasteiger partial charge in [-0.2, -0.15) is 8.78 Å². The number of benzene rings is 3. The van der Waals surface area contributed by atoms with E-state index in [1.165, 1.54) is 47.3 Å². The number of alkyl halides is 2. The Balaban J connectivity index is 1.44. The fourth-order valence-corrected chi connectivity index (χ4v) is 5.57. The van der Waals surface area contributed by atoms with E-state index in [9.17, 15) is 0 Å². The number of hydrogen-bond acceptors (Lipinski definition) is 2. The molecule has 0 amide bonds. The smallest absolute Gasteiger partial charge is 0.294 e. The number of fused-ring (bicyclic) bond motifs is 4. The summed E-state index contributed by atoms with van der Waals surface area (Å²) in [6.07, 6.45) is 2.80. The maximum atomic E-state index is 16.9. The third-order valence-electron chi connectivity index (χ3n) is 7.82. The predicted molar refractivity (Wildman–Crippen MR) is 168 cm³/mol. The SMILES string of the molecule is [2H]C([2H])([2H])c1ccnc(-n2c3ccccc3c3cnc(C(F)(F)c4cc([N+]5=C=[N+](C([2H])([2H])[2H])c6ccccc65)cc(C(C)(C)C)c4)cc32)c1. The molecule has 0 spiro atoms. The van der Waals surface area contributed by atoms with Gasteiger partial charge in [-0.25, -0.2) is 4.98 Å². The Morgan fingerprint density at radius 2 is 1.58 bits per heavy atom. The van der Waals surface area contributed by atoms with E-state index in [0.29, 0.717) is 39.0 Å². The summed E-state index contributed by atoms with van der Waals surface area (Å²) in [4.78, 5) is 8.71. The summed E-state index contributed by atoms with van der Waals surface area (Å²) in [5, 5.41) is 1.35. The summed E-state index contributed by atoms with van der Waals surface area (Å²) < 4.78 is 85.9. The minimum atomic E-state index is -3.61. The van der Waals surface area contributed by atoms with Gasteiger partial charge in [-0.3, -0.25) is 9.55 Å². The molecule has 0 unspecified atom stereocenters. The summed E-state index contributed by atoms with van der Waals surface area (Å²) in [5.74, 6) is -3.34. The van der Waals surface area contributed by atoms with Crippen LogP contribution in [0.1, 0.15) is 51.4 Å². The fourth-order valence-electron chi connectivity index (χ4n) is 5.57. The fraction of sp³-hybridized carbons (Fsp3) is 0.194.